The van der Waals surface area contributed by atoms with Crippen LogP contribution in [0.3, 0.4) is 0 Å². The number of rotatable bonds is 1. The van der Waals surface area contributed by atoms with Crippen LogP contribution < -0.4 is 5.56 Å². The lowest BCUT2D eigenvalue weighted by molar-refractivity contribution is 0.0735. The minimum Gasteiger partial charge on any atom is -0.334 e. The van der Waals surface area contributed by atoms with E-state index in [1.165, 1.54) is 11.9 Å². The number of aromatic nitrogens is 4. The number of carbonyl (C=O) groups excluding carboxylic acids is 1. The van der Waals surface area contributed by atoms with Crippen molar-refractivity contribution in [2.24, 2.45) is 0 Å². The van der Waals surface area contributed by atoms with Crippen molar-refractivity contribution >= 4 is 34.2 Å². The monoisotopic (exact) mass is 379 g/mol. The second kappa shape index (κ2) is 5.92. The van der Waals surface area contributed by atoms with E-state index in [4.69, 9.17) is 11.6 Å². The van der Waals surface area contributed by atoms with Gasteiger partial charge in [-0.1, -0.05) is 17.7 Å². The second-order valence-corrected chi connectivity index (χ2v) is 7.04. The minimum absolute atomic E-state index is 0.0766. The van der Waals surface area contributed by atoms with E-state index in [2.05, 4.69) is 15.2 Å². The number of nitrogens with one attached hydrogen (secondary N) is 1. The zero-order valence-electron chi connectivity index (χ0n) is 14.1. The van der Waals surface area contributed by atoms with E-state index >= 15 is 0 Å². The Morgan fingerprint density at radius 2 is 2.04 bits per heavy atom. The number of benzene rings is 2. The number of H-pyrrole nitrogens is 1. The van der Waals surface area contributed by atoms with E-state index in [1.54, 1.807) is 27.5 Å². The van der Waals surface area contributed by atoms with Gasteiger partial charge in [-0.2, -0.15) is 0 Å². The predicted molar refractivity (Wildman–Crippen MR) is 101 cm³/mol. The van der Waals surface area contributed by atoms with Gasteiger partial charge in [0, 0.05) is 23.7 Å². The van der Waals surface area contributed by atoms with Gasteiger partial charge in [-0.3, -0.25) is 14.0 Å². The Kier molecular flexibility index (Phi) is 3.51. The van der Waals surface area contributed by atoms with Crippen molar-refractivity contribution in [2.45, 2.75) is 13.0 Å². The van der Waals surface area contributed by atoms with Gasteiger partial charge in [0.15, 0.2) is 0 Å². The van der Waals surface area contributed by atoms with Crippen molar-refractivity contribution in [3.05, 3.63) is 74.8 Å². The average molecular weight is 380 g/mol. The molecule has 0 fully saturated rings. The van der Waals surface area contributed by atoms with Crippen molar-refractivity contribution in [1.29, 1.82) is 0 Å². The first-order chi connectivity index (χ1) is 13.1. The van der Waals surface area contributed by atoms with Gasteiger partial charge in [0.1, 0.15) is 6.33 Å². The topological polar surface area (TPSA) is 83.4 Å². The Labute approximate surface area is 158 Å². The van der Waals surface area contributed by atoms with Gasteiger partial charge >= 0.3 is 0 Å². The third-order valence-corrected chi connectivity index (χ3v) is 5.20. The lowest BCUT2D eigenvalue weighted by atomic mass is 9.99. The summed E-state index contributed by atoms with van der Waals surface area (Å²) in [5.41, 5.74) is 4.01. The summed E-state index contributed by atoms with van der Waals surface area (Å²) in [5, 5.41) is 8.26. The van der Waals surface area contributed by atoms with Gasteiger partial charge in [-0.05, 0) is 47.9 Å². The SMILES string of the molecule is O=C(c1ccc2c(c1)[nH]c(=O)c1nncn12)N1CCc2ccc(Cl)cc2C1. The van der Waals surface area contributed by atoms with Crippen LogP contribution in [-0.2, 0) is 13.0 Å². The molecule has 0 saturated carbocycles. The molecule has 2 aromatic carbocycles. The fourth-order valence-electron chi connectivity index (χ4n) is 3.61. The third kappa shape index (κ3) is 2.59. The van der Waals surface area contributed by atoms with Crippen molar-refractivity contribution in [3.63, 3.8) is 0 Å². The van der Waals surface area contributed by atoms with Crippen LogP contribution in [0.25, 0.3) is 16.7 Å². The number of carbonyl (C=O) groups is 1. The highest BCUT2D eigenvalue weighted by molar-refractivity contribution is 6.30. The van der Waals surface area contributed by atoms with Crippen LogP contribution in [0.4, 0.5) is 0 Å². The molecule has 1 aliphatic rings. The minimum atomic E-state index is -0.342. The van der Waals surface area contributed by atoms with Gasteiger partial charge in [-0.15, -0.1) is 10.2 Å². The molecule has 2 aromatic heterocycles. The van der Waals surface area contributed by atoms with E-state index < -0.39 is 0 Å². The van der Waals surface area contributed by atoms with Gasteiger partial charge in [0.25, 0.3) is 11.5 Å². The standard InChI is InChI=1S/C19H14ClN5O2/c20-14-3-1-11-5-6-24(9-13(11)7-14)19(27)12-2-4-16-15(8-12)22-18(26)17-23-21-10-25(16)17/h1-4,7-8,10H,5-6,9H2,(H,22,26). The highest BCUT2D eigenvalue weighted by Crippen LogP contribution is 2.24. The normalized spacial score (nSPS) is 13.9. The van der Waals surface area contributed by atoms with Gasteiger partial charge in [0.05, 0.1) is 11.0 Å². The molecule has 0 bridgehead atoms. The summed E-state index contributed by atoms with van der Waals surface area (Å²) in [6, 6.07) is 11.1. The maximum atomic E-state index is 13.0. The summed E-state index contributed by atoms with van der Waals surface area (Å²) in [6.45, 7) is 1.17. The highest BCUT2D eigenvalue weighted by atomic mass is 35.5. The molecule has 4 aromatic rings. The maximum absolute atomic E-state index is 13.0. The summed E-state index contributed by atoms with van der Waals surface area (Å²) in [5.74, 6) is -0.0766. The number of hydrogen-bond donors (Lipinski definition) is 1. The number of hydrogen-bond acceptors (Lipinski definition) is 4. The Balaban J connectivity index is 1.52. The molecule has 0 radical (unpaired) electrons. The Morgan fingerprint density at radius 3 is 2.93 bits per heavy atom. The first-order valence-corrected chi connectivity index (χ1v) is 8.90. The first kappa shape index (κ1) is 16.0. The summed E-state index contributed by atoms with van der Waals surface area (Å²) >= 11 is 6.09. The molecule has 0 spiro atoms. The van der Waals surface area contributed by atoms with E-state index in [0.717, 1.165) is 17.5 Å². The third-order valence-electron chi connectivity index (χ3n) is 4.97. The summed E-state index contributed by atoms with van der Waals surface area (Å²) in [4.78, 5) is 29.7. The van der Waals surface area contributed by atoms with Crippen LogP contribution in [0.15, 0.2) is 47.5 Å². The molecule has 0 saturated heterocycles. The van der Waals surface area contributed by atoms with Crippen molar-refractivity contribution < 1.29 is 4.79 Å². The van der Waals surface area contributed by atoms with Crippen LogP contribution in [0.5, 0.6) is 0 Å². The zero-order valence-corrected chi connectivity index (χ0v) is 14.9. The molecule has 1 N–H and O–H groups in total. The number of amides is 1. The van der Waals surface area contributed by atoms with Gasteiger partial charge in [0.2, 0.25) is 5.65 Å². The van der Waals surface area contributed by atoms with Gasteiger partial charge in [-0.25, -0.2) is 0 Å². The van der Waals surface area contributed by atoms with E-state index in [0.29, 0.717) is 29.2 Å². The molecule has 3 heterocycles. The largest absolute Gasteiger partial charge is 0.334 e. The highest BCUT2D eigenvalue weighted by Gasteiger charge is 2.22. The smallest absolute Gasteiger partial charge is 0.294 e. The summed E-state index contributed by atoms with van der Waals surface area (Å²) in [6.07, 6.45) is 2.28. The van der Waals surface area contributed by atoms with Crippen LogP contribution in [0.1, 0.15) is 21.5 Å². The number of aromatic amines is 1. The second-order valence-electron chi connectivity index (χ2n) is 6.60. The zero-order chi connectivity index (χ0) is 18.5. The Morgan fingerprint density at radius 1 is 1.15 bits per heavy atom. The molecule has 8 heteroatoms. The summed E-state index contributed by atoms with van der Waals surface area (Å²) < 4.78 is 1.61. The molecule has 27 heavy (non-hydrogen) atoms. The summed E-state index contributed by atoms with van der Waals surface area (Å²) in [7, 11) is 0. The van der Waals surface area contributed by atoms with E-state index in [1.807, 2.05) is 18.2 Å². The molecule has 1 amide bonds. The molecule has 0 unspecified atom stereocenters. The Hall–Kier alpha value is -3.19. The quantitative estimate of drug-likeness (QED) is 0.550. The van der Waals surface area contributed by atoms with Crippen molar-refractivity contribution in [2.75, 3.05) is 6.54 Å². The van der Waals surface area contributed by atoms with Crippen LogP contribution in [0, 0.1) is 0 Å². The van der Waals surface area contributed by atoms with Crippen LogP contribution in [0.2, 0.25) is 5.02 Å². The lowest BCUT2D eigenvalue weighted by Crippen LogP contribution is -2.36. The molecule has 0 aliphatic carbocycles. The van der Waals surface area contributed by atoms with Crippen LogP contribution >= 0.6 is 11.6 Å². The number of fused-ring (bicyclic) bond motifs is 4. The lowest BCUT2D eigenvalue weighted by Gasteiger charge is -2.29. The van der Waals surface area contributed by atoms with Crippen LogP contribution in [-0.4, -0.2) is 36.9 Å². The average Bonchev–Trinajstić information content (AvgIpc) is 3.17. The maximum Gasteiger partial charge on any atom is 0.294 e. The number of halogens is 1. The molecule has 5 rings (SSSR count). The van der Waals surface area contributed by atoms with Crippen molar-refractivity contribution in [3.8, 4) is 0 Å². The van der Waals surface area contributed by atoms with Crippen molar-refractivity contribution in [1.82, 2.24) is 24.5 Å². The van der Waals surface area contributed by atoms with E-state index in [9.17, 15) is 9.59 Å². The van der Waals surface area contributed by atoms with Gasteiger partial charge < -0.3 is 9.88 Å². The Bertz CT molecular complexity index is 1280. The first-order valence-electron chi connectivity index (χ1n) is 8.52. The fourth-order valence-corrected chi connectivity index (χ4v) is 3.80. The fraction of sp³-hybridized carbons (Fsp3) is 0.158. The van der Waals surface area contributed by atoms with E-state index in [-0.39, 0.29) is 17.1 Å². The molecular formula is C19H14ClN5O2. The molecular weight excluding hydrogens is 366 g/mol. The number of nitrogens with zero attached hydrogens (tertiary/aromatic N) is 4. The molecule has 134 valence electrons. The molecule has 0 atom stereocenters. The molecule has 7 nitrogen and oxygen atoms in total. The predicted octanol–water partition coefficient (Wildman–Crippen LogP) is 2.42. The molecule has 1 aliphatic heterocycles.